The zero-order valence-electron chi connectivity index (χ0n) is 14.4. The molecular formula is C14H24N6O4S. The summed E-state index contributed by atoms with van der Waals surface area (Å²) >= 11 is 0. The third-order valence-electron chi connectivity index (χ3n) is 4.82. The van der Waals surface area contributed by atoms with E-state index in [4.69, 9.17) is 0 Å². The molecule has 0 aromatic carbocycles. The van der Waals surface area contributed by atoms with E-state index in [2.05, 4.69) is 4.98 Å². The van der Waals surface area contributed by atoms with E-state index in [1.807, 2.05) is 4.90 Å². The highest BCUT2D eigenvalue weighted by Gasteiger charge is 2.35. The molecule has 2 aliphatic rings. The van der Waals surface area contributed by atoms with Gasteiger partial charge >= 0.3 is 5.82 Å². The Morgan fingerprint density at radius 1 is 1.00 bits per heavy atom. The molecule has 0 amide bonds. The Labute approximate surface area is 147 Å². The van der Waals surface area contributed by atoms with Crippen LogP contribution in [0.4, 0.5) is 11.6 Å². The first kappa shape index (κ1) is 18.1. The van der Waals surface area contributed by atoms with Crippen LogP contribution in [0.3, 0.4) is 0 Å². The quantitative estimate of drug-likeness (QED) is 0.565. The standard InChI is InChI=1S/C14H24N6O4S/c1-16-12-15-13(20(21)22)14(16)17-8-10-19(11-9-17)25(23,24)18-6-4-2-3-5-7-18/h12H,2-11H2,1H3. The highest BCUT2D eigenvalue weighted by Crippen LogP contribution is 2.27. The molecule has 0 N–H and O–H groups in total. The molecule has 1 aromatic heterocycles. The van der Waals surface area contributed by atoms with E-state index >= 15 is 0 Å². The average Bonchev–Trinajstić information content (AvgIpc) is 2.80. The van der Waals surface area contributed by atoms with E-state index in [0.717, 1.165) is 25.7 Å². The zero-order chi connectivity index (χ0) is 18.0. The number of nitrogens with zero attached hydrogens (tertiary/aromatic N) is 6. The summed E-state index contributed by atoms with van der Waals surface area (Å²) in [4.78, 5) is 16.3. The molecule has 3 heterocycles. The first-order valence-corrected chi connectivity index (χ1v) is 9.97. The molecule has 10 nitrogen and oxygen atoms in total. The number of hydrogen-bond acceptors (Lipinski definition) is 6. The summed E-state index contributed by atoms with van der Waals surface area (Å²) in [5, 5.41) is 11.1. The number of hydrogen-bond donors (Lipinski definition) is 0. The number of nitro groups is 1. The lowest BCUT2D eigenvalue weighted by Gasteiger charge is -2.36. The van der Waals surface area contributed by atoms with E-state index in [1.165, 1.54) is 10.6 Å². The second kappa shape index (κ2) is 7.26. The number of anilines is 1. The van der Waals surface area contributed by atoms with Crippen molar-refractivity contribution in [1.29, 1.82) is 0 Å². The predicted molar refractivity (Wildman–Crippen MR) is 92.6 cm³/mol. The Hall–Kier alpha value is -1.72. The lowest BCUT2D eigenvalue weighted by atomic mass is 10.2. The molecule has 140 valence electrons. The van der Waals surface area contributed by atoms with Crippen molar-refractivity contribution in [3.63, 3.8) is 0 Å². The van der Waals surface area contributed by atoms with Crippen LogP contribution >= 0.6 is 0 Å². The van der Waals surface area contributed by atoms with Gasteiger partial charge in [0.1, 0.15) is 0 Å². The van der Waals surface area contributed by atoms with Crippen molar-refractivity contribution in [2.45, 2.75) is 25.7 Å². The molecular weight excluding hydrogens is 348 g/mol. The van der Waals surface area contributed by atoms with Crippen LogP contribution in [0.25, 0.3) is 0 Å². The molecule has 0 radical (unpaired) electrons. The Bertz CT molecular complexity index is 718. The molecule has 2 saturated heterocycles. The maximum Gasteiger partial charge on any atom is 0.406 e. The minimum atomic E-state index is -3.45. The number of aromatic nitrogens is 2. The van der Waals surface area contributed by atoms with Crippen LogP contribution < -0.4 is 4.90 Å². The Kier molecular flexibility index (Phi) is 5.25. The van der Waals surface area contributed by atoms with Gasteiger partial charge in [-0.05, 0) is 22.7 Å². The molecule has 25 heavy (non-hydrogen) atoms. The third kappa shape index (κ3) is 3.62. The summed E-state index contributed by atoms with van der Waals surface area (Å²) in [5.41, 5.74) is 0. The van der Waals surface area contributed by atoms with Gasteiger partial charge in [-0.1, -0.05) is 12.8 Å². The molecule has 1 aromatic rings. The second-order valence-electron chi connectivity index (χ2n) is 6.47. The van der Waals surface area contributed by atoms with Gasteiger partial charge in [0, 0.05) is 46.3 Å². The lowest BCUT2D eigenvalue weighted by Crippen LogP contribution is -2.53. The minimum absolute atomic E-state index is 0.189. The SMILES string of the molecule is Cn1cnc([N+](=O)[O-])c1N1CCN(S(=O)(=O)N2CCCCCC2)CC1. The molecule has 0 saturated carbocycles. The highest BCUT2D eigenvalue weighted by atomic mass is 32.2. The van der Waals surface area contributed by atoms with Gasteiger partial charge in [-0.2, -0.15) is 17.0 Å². The van der Waals surface area contributed by atoms with Crippen LogP contribution in [0.15, 0.2) is 6.33 Å². The Balaban J connectivity index is 1.69. The van der Waals surface area contributed by atoms with Gasteiger partial charge in [-0.15, -0.1) is 0 Å². The van der Waals surface area contributed by atoms with Crippen molar-refractivity contribution < 1.29 is 13.3 Å². The van der Waals surface area contributed by atoms with Crippen LogP contribution in [0.1, 0.15) is 25.7 Å². The Morgan fingerprint density at radius 3 is 2.12 bits per heavy atom. The third-order valence-corrected chi connectivity index (χ3v) is 6.85. The van der Waals surface area contributed by atoms with E-state index in [1.54, 1.807) is 15.9 Å². The van der Waals surface area contributed by atoms with Crippen LogP contribution in [-0.4, -0.2) is 70.8 Å². The fourth-order valence-electron chi connectivity index (χ4n) is 3.47. The summed E-state index contributed by atoms with van der Waals surface area (Å²) in [7, 11) is -1.75. The van der Waals surface area contributed by atoms with Gasteiger partial charge in [-0.25, -0.2) is 0 Å². The molecule has 2 fully saturated rings. The summed E-state index contributed by atoms with van der Waals surface area (Å²) in [5.74, 6) is 0.239. The summed E-state index contributed by atoms with van der Waals surface area (Å²) < 4.78 is 30.4. The van der Waals surface area contributed by atoms with E-state index in [9.17, 15) is 18.5 Å². The van der Waals surface area contributed by atoms with Gasteiger partial charge in [0.2, 0.25) is 12.1 Å². The topological polar surface area (TPSA) is 105 Å². The fourth-order valence-corrected chi connectivity index (χ4v) is 5.14. The van der Waals surface area contributed by atoms with E-state index in [0.29, 0.717) is 45.1 Å². The van der Waals surface area contributed by atoms with E-state index in [-0.39, 0.29) is 5.82 Å². The van der Waals surface area contributed by atoms with Gasteiger partial charge in [0.15, 0.2) is 0 Å². The van der Waals surface area contributed by atoms with Gasteiger partial charge in [0.05, 0.1) is 0 Å². The average molecular weight is 372 g/mol. The molecule has 0 bridgehead atoms. The minimum Gasteiger partial charge on any atom is -0.358 e. The fraction of sp³-hybridized carbons (Fsp3) is 0.786. The largest absolute Gasteiger partial charge is 0.406 e. The van der Waals surface area contributed by atoms with Crippen LogP contribution in [0.2, 0.25) is 0 Å². The molecule has 0 atom stereocenters. The predicted octanol–water partition coefficient (Wildman–Crippen LogP) is 0.571. The summed E-state index contributed by atoms with van der Waals surface area (Å²) in [6.45, 7) is 2.62. The maximum absolute atomic E-state index is 12.8. The van der Waals surface area contributed by atoms with Crippen molar-refractivity contribution >= 4 is 21.8 Å². The number of aryl methyl sites for hydroxylation is 1. The number of rotatable bonds is 4. The van der Waals surface area contributed by atoms with Crippen molar-refractivity contribution in [2.24, 2.45) is 7.05 Å². The van der Waals surface area contributed by atoms with Crippen LogP contribution in [-0.2, 0) is 17.3 Å². The zero-order valence-corrected chi connectivity index (χ0v) is 15.2. The molecule has 3 rings (SSSR count). The smallest absolute Gasteiger partial charge is 0.358 e. The normalized spacial score (nSPS) is 21.2. The molecule has 0 spiro atoms. The first-order chi connectivity index (χ1) is 11.9. The lowest BCUT2D eigenvalue weighted by molar-refractivity contribution is -0.388. The monoisotopic (exact) mass is 372 g/mol. The summed E-state index contributed by atoms with van der Waals surface area (Å²) in [6.07, 6.45) is 5.36. The van der Waals surface area contributed by atoms with Gasteiger partial charge < -0.3 is 15.0 Å². The van der Waals surface area contributed by atoms with Crippen LogP contribution in [0.5, 0.6) is 0 Å². The van der Waals surface area contributed by atoms with Crippen LogP contribution in [0, 0.1) is 10.1 Å². The number of imidazole rings is 1. The second-order valence-corrected chi connectivity index (χ2v) is 8.40. The van der Waals surface area contributed by atoms with Crippen molar-refractivity contribution in [3.05, 3.63) is 16.4 Å². The van der Waals surface area contributed by atoms with Gasteiger partial charge in [-0.3, -0.25) is 4.57 Å². The van der Waals surface area contributed by atoms with E-state index < -0.39 is 15.1 Å². The van der Waals surface area contributed by atoms with Crippen molar-refractivity contribution in [1.82, 2.24) is 18.2 Å². The first-order valence-electron chi connectivity index (χ1n) is 8.57. The molecule has 0 aliphatic carbocycles. The van der Waals surface area contributed by atoms with Crippen molar-refractivity contribution in [3.8, 4) is 0 Å². The van der Waals surface area contributed by atoms with Gasteiger partial charge in [0.25, 0.3) is 10.2 Å². The molecule has 0 unspecified atom stereocenters. The van der Waals surface area contributed by atoms with Crippen molar-refractivity contribution in [2.75, 3.05) is 44.2 Å². The Morgan fingerprint density at radius 2 is 1.56 bits per heavy atom. The number of piperazine rings is 1. The molecule has 2 aliphatic heterocycles. The highest BCUT2D eigenvalue weighted by molar-refractivity contribution is 7.86. The maximum atomic E-state index is 12.8. The summed E-state index contributed by atoms with van der Waals surface area (Å²) in [6, 6.07) is 0. The molecule has 11 heteroatoms.